The van der Waals surface area contributed by atoms with Crippen LogP contribution in [0.2, 0.25) is 0 Å². The number of hydrogen-bond donors (Lipinski definition) is 2. The average Bonchev–Trinajstić information content (AvgIpc) is 2.90. The maximum atomic E-state index is 12.0. The van der Waals surface area contributed by atoms with E-state index < -0.39 is 5.79 Å². The van der Waals surface area contributed by atoms with Crippen molar-refractivity contribution < 1.29 is 14.6 Å². The molecule has 2 N–H and O–H groups in total. The number of nitrogens with zero attached hydrogens (tertiary/aromatic N) is 1. The number of hydrogen-bond acceptors (Lipinski definition) is 5. The number of aromatic amines is 1. The van der Waals surface area contributed by atoms with E-state index in [4.69, 9.17) is 9.47 Å². The van der Waals surface area contributed by atoms with E-state index in [1.807, 2.05) is 32.0 Å². The molecule has 0 aliphatic carbocycles. The van der Waals surface area contributed by atoms with Crippen molar-refractivity contribution in [2.45, 2.75) is 26.2 Å². The van der Waals surface area contributed by atoms with Crippen LogP contribution in [0.15, 0.2) is 50.7 Å². The lowest BCUT2D eigenvalue weighted by Crippen LogP contribution is -2.29. The van der Waals surface area contributed by atoms with Gasteiger partial charge in [0, 0.05) is 35.3 Å². The Morgan fingerprint density at radius 2 is 1.93 bits per heavy atom. The molecule has 1 aliphatic heterocycles. The lowest BCUT2D eigenvalue weighted by molar-refractivity contribution is -0.0431. The molecule has 1 aliphatic rings. The Morgan fingerprint density at radius 1 is 1.15 bits per heavy atom. The Hall–Kier alpha value is -2.80. The van der Waals surface area contributed by atoms with Gasteiger partial charge in [-0.2, -0.15) is 0 Å². The normalized spacial score (nSPS) is 14.9. The third-order valence-electron chi connectivity index (χ3n) is 4.22. The van der Waals surface area contributed by atoms with Crippen molar-refractivity contribution in [2.24, 2.45) is 4.99 Å². The topological polar surface area (TPSA) is 83.9 Å². The Balaban J connectivity index is 1.63. The molecule has 0 atom stereocenters. The molecule has 2 heterocycles. The van der Waals surface area contributed by atoms with Gasteiger partial charge in [0.15, 0.2) is 11.5 Å². The van der Waals surface area contributed by atoms with E-state index in [1.54, 1.807) is 24.4 Å². The number of aromatic nitrogens is 1. The number of pyridine rings is 1. The van der Waals surface area contributed by atoms with Crippen molar-refractivity contribution in [3.05, 3.63) is 62.4 Å². The van der Waals surface area contributed by atoms with Crippen LogP contribution in [0.25, 0.3) is 10.8 Å². The van der Waals surface area contributed by atoms with Crippen molar-refractivity contribution >= 4 is 32.9 Å². The summed E-state index contributed by atoms with van der Waals surface area (Å²) in [7, 11) is 0. The molecule has 2 aromatic carbocycles. The van der Waals surface area contributed by atoms with E-state index in [-0.39, 0.29) is 11.4 Å². The fourth-order valence-electron chi connectivity index (χ4n) is 3.05. The number of halogens is 1. The highest BCUT2D eigenvalue weighted by molar-refractivity contribution is 9.10. The van der Waals surface area contributed by atoms with Crippen LogP contribution >= 0.6 is 15.9 Å². The zero-order valence-corrected chi connectivity index (χ0v) is 16.3. The monoisotopic (exact) mass is 428 g/mol. The highest BCUT2D eigenvalue weighted by atomic mass is 79.9. The number of ether oxygens (including phenoxy) is 2. The molecule has 1 aromatic heterocycles. The van der Waals surface area contributed by atoms with Gasteiger partial charge >= 0.3 is 0 Å². The fraction of sp³-hybridized carbons (Fsp3) is 0.200. The van der Waals surface area contributed by atoms with Crippen LogP contribution in [0.3, 0.4) is 0 Å². The van der Waals surface area contributed by atoms with Gasteiger partial charge in [0.05, 0.1) is 12.1 Å². The quantitative estimate of drug-likeness (QED) is 0.614. The van der Waals surface area contributed by atoms with Gasteiger partial charge in [-0.05, 0) is 35.9 Å². The third kappa shape index (κ3) is 3.42. The van der Waals surface area contributed by atoms with Crippen LogP contribution in [-0.2, 0) is 6.54 Å². The van der Waals surface area contributed by atoms with E-state index in [2.05, 4.69) is 25.9 Å². The summed E-state index contributed by atoms with van der Waals surface area (Å²) in [5.41, 5.74) is 1.07. The van der Waals surface area contributed by atoms with Crippen molar-refractivity contribution in [3.8, 4) is 17.4 Å². The lowest BCUT2D eigenvalue weighted by atomic mass is 10.1. The first-order chi connectivity index (χ1) is 12.8. The average molecular weight is 429 g/mol. The number of H-pyrrole nitrogens is 1. The molecule has 138 valence electrons. The fourth-order valence-corrected chi connectivity index (χ4v) is 3.41. The summed E-state index contributed by atoms with van der Waals surface area (Å²) in [6.45, 7) is 4.10. The van der Waals surface area contributed by atoms with Crippen molar-refractivity contribution in [3.63, 3.8) is 0 Å². The molecule has 0 unspecified atom stereocenters. The minimum absolute atomic E-state index is 0.207. The summed E-state index contributed by atoms with van der Waals surface area (Å²) < 4.78 is 12.2. The minimum atomic E-state index is -0.668. The zero-order chi connectivity index (χ0) is 19.2. The van der Waals surface area contributed by atoms with Crippen LogP contribution in [0, 0.1) is 0 Å². The summed E-state index contributed by atoms with van der Waals surface area (Å²) in [5, 5.41) is 11.3. The maximum absolute atomic E-state index is 12.0. The van der Waals surface area contributed by atoms with E-state index in [0.717, 1.165) is 10.0 Å². The Labute approximate surface area is 163 Å². The van der Waals surface area contributed by atoms with Gasteiger partial charge in [0.2, 0.25) is 11.7 Å². The smallest absolute Gasteiger partial charge is 0.258 e. The molecule has 3 aromatic rings. The first-order valence-electron chi connectivity index (χ1n) is 8.38. The molecule has 0 saturated carbocycles. The van der Waals surface area contributed by atoms with Gasteiger partial charge in [-0.15, -0.1) is 0 Å². The van der Waals surface area contributed by atoms with Crippen LogP contribution in [0.1, 0.15) is 25.0 Å². The predicted molar refractivity (Wildman–Crippen MR) is 107 cm³/mol. The molecule has 4 rings (SSSR count). The molecular weight excluding hydrogens is 412 g/mol. The number of nitrogens with one attached hydrogen (secondary N) is 1. The van der Waals surface area contributed by atoms with Gasteiger partial charge in [-0.1, -0.05) is 22.0 Å². The van der Waals surface area contributed by atoms with Crippen LogP contribution in [0.4, 0.5) is 0 Å². The number of benzene rings is 2. The van der Waals surface area contributed by atoms with Crippen LogP contribution in [-0.4, -0.2) is 22.1 Å². The van der Waals surface area contributed by atoms with Gasteiger partial charge in [-0.25, -0.2) is 0 Å². The Morgan fingerprint density at radius 3 is 2.74 bits per heavy atom. The molecule has 0 saturated heterocycles. The van der Waals surface area contributed by atoms with Gasteiger partial charge < -0.3 is 14.6 Å². The molecule has 0 spiro atoms. The van der Waals surface area contributed by atoms with Crippen molar-refractivity contribution in [1.29, 1.82) is 0 Å². The number of aliphatic imine (C=N–C) groups is 1. The molecule has 7 heteroatoms. The predicted octanol–water partition coefficient (Wildman–Crippen LogP) is 4.12. The number of fused-ring (bicyclic) bond motifs is 2. The number of aromatic hydroxyl groups is 1. The molecule has 0 radical (unpaired) electrons. The van der Waals surface area contributed by atoms with Crippen LogP contribution < -0.4 is 15.0 Å². The lowest BCUT2D eigenvalue weighted by Gasteiger charge is -2.16. The summed E-state index contributed by atoms with van der Waals surface area (Å²) in [6.07, 6.45) is 1.56. The highest BCUT2D eigenvalue weighted by Gasteiger charge is 2.31. The first-order valence-corrected chi connectivity index (χ1v) is 9.17. The second-order valence-corrected chi connectivity index (χ2v) is 7.68. The largest absolute Gasteiger partial charge is 0.494 e. The van der Waals surface area contributed by atoms with Gasteiger partial charge in [0.1, 0.15) is 0 Å². The van der Waals surface area contributed by atoms with Crippen LogP contribution in [0.5, 0.6) is 17.4 Å². The molecule has 0 amide bonds. The highest BCUT2D eigenvalue weighted by Crippen LogP contribution is 2.39. The third-order valence-corrected chi connectivity index (χ3v) is 4.71. The second kappa shape index (κ2) is 6.42. The number of rotatable bonds is 3. The summed E-state index contributed by atoms with van der Waals surface area (Å²) in [5.74, 6) is 0.524. The van der Waals surface area contributed by atoms with Crippen molar-refractivity contribution in [2.75, 3.05) is 0 Å². The standard InChI is InChI=1S/C20H17BrN2O4/c1-20(2)26-16-6-3-11(7-17(16)27-20)9-22-10-15-14-8-12(21)4-5-13(14)18(24)23-19(15)25/h3-8,10H,9H2,1-2H3,(H2,23,24,25). The maximum Gasteiger partial charge on any atom is 0.258 e. The van der Waals surface area contributed by atoms with E-state index in [1.165, 1.54) is 0 Å². The molecule has 0 bridgehead atoms. The molecule has 27 heavy (non-hydrogen) atoms. The van der Waals surface area contributed by atoms with Gasteiger partial charge in [0.25, 0.3) is 5.56 Å². The SMILES string of the molecule is CC1(C)Oc2ccc(CN=Cc3c(O)[nH]c(=O)c4ccc(Br)cc34)cc2O1. The summed E-state index contributed by atoms with van der Waals surface area (Å²) >= 11 is 3.39. The zero-order valence-electron chi connectivity index (χ0n) is 14.7. The van der Waals surface area contributed by atoms with E-state index >= 15 is 0 Å². The Kier molecular flexibility index (Phi) is 4.19. The minimum Gasteiger partial charge on any atom is -0.494 e. The van der Waals surface area contributed by atoms with E-state index in [0.29, 0.717) is 34.4 Å². The Bertz CT molecular complexity index is 1130. The van der Waals surface area contributed by atoms with Gasteiger partial charge in [-0.3, -0.25) is 14.8 Å². The second-order valence-electron chi connectivity index (χ2n) is 6.76. The van der Waals surface area contributed by atoms with Crippen molar-refractivity contribution in [1.82, 2.24) is 4.98 Å². The summed E-state index contributed by atoms with van der Waals surface area (Å²) in [4.78, 5) is 18.9. The summed E-state index contributed by atoms with van der Waals surface area (Å²) in [6, 6.07) is 10.9. The molecular formula is C20H17BrN2O4. The molecule has 0 fully saturated rings. The van der Waals surface area contributed by atoms with E-state index in [9.17, 15) is 9.90 Å². The molecule has 6 nitrogen and oxygen atoms in total. The first kappa shape index (κ1) is 17.6.